The van der Waals surface area contributed by atoms with Gasteiger partial charge in [0.05, 0.1) is 6.04 Å². The average Bonchev–Trinajstić information content (AvgIpc) is 3.21. The van der Waals surface area contributed by atoms with Gasteiger partial charge in [-0.25, -0.2) is 0 Å². The third-order valence-electron chi connectivity index (χ3n) is 4.50. The van der Waals surface area contributed by atoms with E-state index in [1.165, 1.54) is 0 Å². The van der Waals surface area contributed by atoms with Crippen LogP contribution in [0.2, 0.25) is 0 Å². The number of rotatable bonds is 6. The molecule has 2 heterocycles. The van der Waals surface area contributed by atoms with Gasteiger partial charge in [0.15, 0.2) is 5.76 Å². The fraction of sp³-hybridized carbons (Fsp3) is 0.0909. The van der Waals surface area contributed by atoms with E-state index in [1.807, 2.05) is 54.7 Å². The lowest BCUT2D eigenvalue weighted by molar-refractivity contribution is -0.105. The van der Waals surface area contributed by atoms with Crippen LogP contribution in [0.5, 0.6) is 0 Å². The monoisotopic (exact) mass is 357 g/mol. The Hall–Kier alpha value is -3.44. The van der Waals surface area contributed by atoms with Gasteiger partial charge in [0, 0.05) is 23.6 Å². The van der Waals surface area contributed by atoms with Gasteiger partial charge in [-0.15, -0.1) is 5.48 Å². The first kappa shape index (κ1) is 17.0. The van der Waals surface area contributed by atoms with E-state index >= 15 is 0 Å². The maximum atomic E-state index is 10.8. The molecule has 3 aromatic rings. The van der Waals surface area contributed by atoms with E-state index in [2.05, 4.69) is 34.0 Å². The summed E-state index contributed by atoms with van der Waals surface area (Å²) in [5.41, 5.74) is 8.13. The predicted octanol–water partition coefficient (Wildman–Crippen LogP) is 3.86. The second kappa shape index (κ2) is 7.85. The van der Waals surface area contributed by atoms with Crippen molar-refractivity contribution in [3.05, 3.63) is 101 Å². The Morgan fingerprint density at radius 3 is 2.89 bits per heavy atom. The second-order valence-corrected chi connectivity index (χ2v) is 6.31. The Kier molecular flexibility index (Phi) is 4.94. The Labute approximate surface area is 157 Å². The molecular formula is C22H19N3O2. The number of amides is 1. The Bertz CT molecular complexity index is 970. The van der Waals surface area contributed by atoms with E-state index < -0.39 is 0 Å². The molecule has 5 heteroatoms. The number of hydrogen-bond acceptors (Lipinski definition) is 4. The van der Waals surface area contributed by atoms with Crippen LogP contribution in [0.15, 0.2) is 79.1 Å². The minimum absolute atomic E-state index is 0.0186. The van der Waals surface area contributed by atoms with Gasteiger partial charge in [0.1, 0.15) is 0 Å². The lowest BCUT2D eigenvalue weighted by Crippen LogP contribution is -2.12. The minimum Gasteiger partial charge on any atom is -0.407 e. The van der Waals surface area contributed by atoms with Gasteiger partial charge < -0.3 is 10.2 Å². The van der Waals surface area contributed by atoms with Crippen molar-refractivity contribution in [1.29, 1.82) is 0 Å². The highest BCUT2D eigenvalue weighted by atomic mass is 16.7. The molecule has 0 spiro atoms. The molecule has 1 aliphatic rings. The fourth-order valence-electron chi connectivity index (χ4n) is 3.16. The molecule has 2 aromatic carbocycles. The molecule has 1 amide bonds. The zero-order valence-corrected chi connectivity index (χ0v) is 14.6. The van der Waals surface area contributed by atoms with Crippen LogP contribution in [0.4, 0.5) is 5.69 Å². The first-order valence-corrected chi connectivity index (χ1v) is 8.75. The lowest BCUT2D eigenvalue weighted by atomic mass is 10.00. The molecular weight excluding hydrogens is 338 g/mol. The summed E-state index contributed by atoms with van der Waals surface area (Å²) in [6, 6.07) is 19.9. The van der Waals surface area contributed by atoms with Gasteiger partial charge in [-0.1, -0.05) is 42.5 Å². The van der Waals surface area contributed by atoms with Gasteiger partial charge in [0.2, 0.25) is 6.41 Å². The molecule has 1 aliphatic heterocycles. The third-order valence-corrected chi connectivity index (χ3v) is 4.50. The summed E-state index contributed by atoms with van der Waals surface area (Å²) in [5.74, 6) is 0.796. The molecule has 1 unspecified atom stereocenters. The molecule has 2 N–H and O–H groups in total. The van der Waals surface area contributed by atoms with Gasteiger partial charge in [0.25, 0.3) is 0 Å². The molecule has 0 saturated heterocycles. The van der Waals surface area contributed by atoms with Gasteiger partial charge in [-0.2, -0.15) is 0 Å². The van der Waals surface area contributed by atoms with Crippen molar-refractivity contribution >= 4 is 17.9 Å². The number of anilines is 1. The minimum atomic E-state index is -0.0186. The van der Waals surface area contributed by atoms with Crippen LogP contribution in [0, 0.1) is 0 Å². The largest absolute Gasteiger partial charge is 0.407 e. The van der Waals surface area contributed by atoms with Crippen molar-refractivity contribution < 1.29 is 9.63 Å². The smallest absolute Gasteiger partial charge is 0.211 e. The Morgan fingerprint density at radius 2 is 2.04 bits per heavy atom. The zero-order valence-electron chi connectivity index (χ0n) is 14.6. The summed E-state index contributed by atoms with van der Waals surface area (Å²) in [7, 11) is 0. The van der Waals surface area contributed by atoms with Gasteiger partial charge in [-0.3, -0.25) is 9.78 Å². The van der Waals surface area contributed by atoms with E-state index in [0.717, 1.165) is 40.1 Å². The van der Waals surface area contributed by atoms with Crippen LogP contribution in [0.25, 0.3) is 5.76 Å². The van der Waals surface area contributed by atoms with Crippen LogP contribution in [0.1, 0.15) is 28.3 Å². The number of hydroxylamine groups is 1. The maximum absolute atomic E-state index is 10.8. The van der Waals surface area contributed by atoms with Crippen molar-refractivity contribution in [2.75, 3.05) is 5.32 Å². The van der Waals surface area contributed by atoms with Crippen LogP contribution < -0.4 is 10.8 Å². The highest BCUT2D eigenvalue weighted by molar-refractivity contribution is 5.73. The van der Waals surface area contributed by atoms with Crippen LogP contribution >= 0.6 is 0 Å². The van der Waals surface area contributed by atoms with Crippen molar-refractivity contribution in [2.24, 2.45) is 0 Å². The number of benzene rings is 2. The standard InChI is InChI=1S/C22H19N3O2/c26-15-24-20-9-2-1-6-17(20)11-16-5-3-7-18(12-16)22-13-21(25-27-22)19-8-4-10-23-14-19/h1-10,12-15,21,25H,11H2,(H,24,26). The predicted molar refractivity (Wildman–Crippen MR) is 105 cm³/mol. The molecule has 0 aliphatic carbocycles. The molecule has 0 radical (unpaired) electrons. The SMILES string of the molecule is O=CNc1ccccc1Cc1cccc(C2=CC(c3cccnc3)NO2)c1. The molecule has 4 rings (SSSR count). The summed E-state index contributed by atoms with van der Waals surface area (Å²) < 4.78 is 0. The number of aromatic nitrogens is 1. The maximum Gasteiger partial charge on any atom is 0.211 e. The lowest BCUT2D eigenvalue weighted by Gasteiger charge is -2.10. The van der Waals surface area contributed by atoms with Crippen LogP contribution in [-0.2, 0) is 16.1 Å². The van der Waals surface area contributed by atoms with Crippen molar-refractivity contribution in [2.45, 2.75) is 12.5 Å². The first-order valence-electron chi connectivity index (χ1n) is 8.75. The van der Waals surface area contributed by atoms with E-state index in [0.29, 0.717) is 6.41 Å². The van der Waals surface area contributed by atoms with Gasteiger partial charge in [-0.05, 0) is 47.4 Å². The fourth-order valence-corrected chi connectivity index (χ4v) is 3.16. The highest BCUT2D eigenvalue weighted by Gasteiger charge is 2.20. The zero-order chi connectivity index (χ0) is 18.5. The number of para-hydroxylation sites is 1. The second-order valence-electron chi connectivity index (χ2n) is 6.31. The Morgan fingerprint density at radius 1 is 1.11 bits per heavy atom. The molecule has 1 aromatic heterocycles. The normalized spacial score (nSPS) is 15.7. The van der Waals surface area contributed by atoms with Crippen molar-refractivity contribution in [1.82, 2.24) is 10.5 Å². The number of hydrogen-bond donors (Lipinski definition) is 2. The van der Waals surface area contributed by atoms with Crippen molar-refractivity contribution in [3.8, 4) is 0 Å². The summed E-state index contributed by atoms with van der Waals surface area (Å²) >= 11 is 0. The van der Waals surface area contributed by atoms with Gasteiger partial charge >= 0.3 is 0 Å². The van der Waals surface area contributed by atoms with E-state index in [1.54, 1.807) is 6.20 Å². The molecule has 134 valence electrons. The molecule has 5 nitrogen and oxygen atoms in total. The molecule has 0 fully saturated rings. The quantitative estimate of drug-likeness (QED) is 0.658. The average molecular weight is 357 g/mol. The number of carbonyl (C=O) groups excluding carboxylic acids is 1. The summed E-state index contributed by atoms with van der Waals surface area (Å²) in [4.78, 5) is 20.7. The number of nitrogens with one attached hydrogen (secondary N) is 2. The summed E-state index contributed by atoms with van der Waals surface area (Å²) in [6.45, 7) is 0. The Balaban J connectivity index is 1.56. The molecule has 27 heavy (non-hydrogen) atoms. The summed E-state index contributed by atoms with van der Waals surface area (Å²) in [6.07, 6.45) is 7.06. The molecule has 0 saturated carbocycles. The number of pyridine rings is 1. The summed E-state index contributed by atoms with van der Waals surface area (Å²) in [5, 5.41) is 2.76. The van der Waals surface area contributed by atoms with Crippen LogP contribution in [-0.4, -0.2) is 11.4 Å². The number of carbonyl (C=O) groups is 1. The van der Waals surface area contributed by atoms with E-state index in [4.69, 9.17) is 4.84 Å². The van der Waals surface area contributed by atoms with Crippen LogP contribution in [0.3, 0.4) is 0 Å². The highest BCUT2D eigenvalue weighted by Crippen LogP contribution is 2.29. The number of nitrogens with zero attached hydrogens (tertiary/aromatic N) is 1. The van der Waals surface area contributed by atoms with Crippen molar-refractivity contribution in [3.63, 3.8) is 0 Å². The topological polar surface area (TPSA) is 63.2 Å². The molecule has 0 bridgehead atoms. The van der Waals surface area contributed by atoms with E-state index in [9.17, 15) is 4.79 Å². The third kappa shape index (κ3) is 3.88. The molecule has 1 atom stereocenters. The first-order chi connectivity index (χ1) is 13.3. The van der Waals surface area contributed by atoms with E-state index in [-0.39, 0.29) is 6.04 Å².